The number of methoxy groups -OCH3 is 1. The molecule has 0 fully saturated rings. The molecule has 1 aliphatic rings. The Kier molecular flexibility index (Phi) is 11.4. The number of esters is 1. The molecule has 9 nitrogen and oxygen atoms in total. The van der Waals surface area contributed by atoms with Gasteiger partial charge in [-0.3, -0.25) is 9.59 Å². The highest BCUT2D eigenvalue weighted by molar-refractivity contribution is 7.18. The van der Waals surface area contributed by atoms with Crippen LogP contribution in [-0.2, 0) is 33.7 Å². The van der Waals surface area contributed by atoms with E-state index in [1.54, 1.807) is 7.11 Å². The van der Waals surface area contributed by atoms with E-state index in [0.29, 0.717) is 37.5 Å². The molecule has 2 N–H and O–H groups in total. The van der Waals surface area contributed by atoms with Crippen molar-refractivity contribution in [3.05, 3.63) is 52.5 Å². The van der Waals surface area contributed by atoms with E-state index >= 15 is 0 Å². The first-order valence-electron chi connectivity index (χ1n) is 14.4. The van der Waals surface area contributed by atoms with Gasteiger partial charge in [-0.05, 0) is 44.7 Å². The first-order chi connectivity index (χ1) is 19.8. The second-order valence-electron chi connectivity index (χ2n) is 12.7. The maximum absolute atomic E-state index is 13.7. The number of nitrogens with zero attached hydrogens (tertiary/aromatic N) is 2. The molecule has 0 unspecified atom stereocenters. The number of halogens is 1. The molecule has 43 heavy (non-hydrogen) atoms. The molecule has 3 aromatic rings. The van der Waals surface area contributed by atoms with Crippen LogP contribution in [0.15, 0.2) is 36.4 Å². The highest BCUT2D eigenvalue weighted by Gasteiger charge is 2.46. The van der Waals surface area contributed by atoms with Crippen LogP contribution in [0.4, 0.5) is 0 Å². The highest BCUT2D eigenvalue weighted by Crippen LogP contribution is 2.41. The zero-order valence-electron chi connectivity index (χ0n) is 26.0. The van der Waals surface area contributed by atoms with Crippen LogP contribution >= 0.6 is 11.3 Å². The normalized spacial score (nSPS) is 14.1. The Morgan fingerprint density at radius 2 is 1.77 bits per heavy atom. The predicted molar refractivity (Wildman–Crippen MR) is 164 cm³/mol. The Labute approximate surface area is 264 Å². The van der Waals surface area contributed by atoms with Gasteiger partial charge < -0.3 is 41.5 Å². The van der Waals surface area contributed by atoms with Crippen molar-refractivity contribution in [2.75, 3.05) is 47.5 Å². The number of amides is 1. The topological polar surface area (TPSA) is 107 Å². The number of quaternary nitrogens is 1. The fraction of sp³-hybridized carbons (Fsp3) is 0.531. The van der Waals surface area contributed by atoms with E-state index in [2.05, 4.69) is 19.4 Å². The van der Waals surface area contributed by atoms with Gasteiger partial charge in [0.2, 0.25) is 5.91 Å². The van der Waals surface area contributed by atoms with E-state index in [0.717, 1.165) is 43.8 Å². The number of hydrogen-bond acceptors (Lipinski definition) is 8. The minimum absolute atomic E-state index is 0. The standard InChI is InChI=1S/C32H43N3O6S.ClH/c1-31(2,3)41-29(37)20-32(18-22-10-7-8-11-23(22)19-32)30(38)33-21-28-34-24-16-26(25(39-6)17-27(24)42-28)40-15-9-12-35(4,5)13-14-36;/h7-8,10-11,16-17,36H,9,12-15,18-21H2,1-6H3;1H. The van der Waals surface area contributed by atoms with Crippen molar-refractivity contribution in [2.45, 2.75) is 58.6 Å². The Morgan fingerprint density at radius 3 is 2.37 bits per heavy atom. The third-order valence-electron chi connectivity index (χ3n) is 7.55. The van der Waals surface area contributed by atoms with Crippen LogP contribution in [0, 0.1) is 5.41 Å². The number of aliphatic hydroxyl groups is 1. The van der Waals surface area contributed by atoms with Crippen LogP contribution in [0.1, 0.15) is 49.7 Å². The van der Waals surface area contributed by atoms with Gasteiger partial charge in [0.1, 0.15) is 17.2 Å². The minimum atomic E-state index is -0.905. The van der Waals surface area contributed by atoms with Crippen LogP contribution in [0.3, 0.4) is 0 Å². The average molecular weight is 634 g/mol. The van der Waals surface area contributed by atoms with Crippen molar-refractivity contribution in [2.24, 2.45) is 5.41 Å². The number of aromatic nitrogens is 1. The average Bonchev–Trinajstić information content (AvgIpc) is 3.48. The monoisotopic (exact) mass is 633 g/mol. The molecule has 0 saturated heterocycles. The second kappa shape index (κ2) is 14.2. The molecule has 4 rings (SSSR count). The molecule has 0 atom stereocenters. The number of hydrogen-bond donors (Lipinski definition) is 2. The predicted octanol–water partition coefficient (Wildman–Crippen LogP) is 1.28. The molecular weight excluding hydrogens is 590 g/mol. The van der Waals surface area contributed by atoms with Gasteiger partial charge in [0, 0.05) is 18.6 Å². The Balaban J connectivity index is 0.00000506. The van der Waals surface area contributed by atoms with E-state index in [9.17, 15) is 14.7 Å². The van der Waals surface area contributed by atoms with Crippen molar-refractivity contribution in [3.8, 4) is 11.5 Å². The summed E-state index contributed by atoms with van der Waals surface area (Å²) in [6, 6.07) is 11.8. The van der Waals surface area contributed by atoms with Gasteiger partial charge in [-0.15, -0.1) is 11.3 Å². The largest absolute Gasteiger partial charge is 1.00 e. The third-order valence-corrected chi connectivity index (χ3v) is 8.57. The number of rotatable bonds is 13. The number of carbonyl (C=O) groups is 2. The number of benzene rings is 2. The van der Waals surface area contributed by atoms with Crippen LogP contribution in [-0.4, -0.2) is 79.6 Å². The van der Waals surface area contributed by atoms with Crippen molar-refractivity contribution >= 4 is 33.4 Å². The van der Waals surface area contributed by atoms with Crippen molar-refractivity contribution in [3.63, 3.8) is 0 Å². The maximum Gasteiger partial charge on any atom is 0.307 e. The molecule has 0 bridgehead atoms. The van der Waals surface area contributed by atoms with Crippen LogP contribution in [0.25, 0.3) is 10.2 Å². The smallest absolute Gasteiger partial charge is 0.307 e. The summed E-state index contributed by atoms with van der Waals surface area (Å²) in [6.07, 6.45) is 1.82. The number of likely N-dealkylation sites (N-methyl/N-ethyl adjacent to an activating group) is 1. The Morgan fingerprint density at radius 1 is 1.09 bits per heavy atom. The van der Waals surface area contributed by atoms with Crippen LogP contribution in [0.5, 0.6) is 11.5 Å². The van der Waals surface area contributed by atoms with Gasteiger partial charge in [0.15, 0.2) is 11.5 Å². The minimum Gasteiger partial charge on any atom is -1.00 e. The summed E-state index contributed by atoms with van der Waals surface area (Å²) in [7, 11) is 5.79. The molecule has 0 radical (unpaired) electrons. The second-order valence-corrected chi connectivity index (χ2v) is 13.9. The van der Waals surface area contributed by atoms with Gasteiger partial charge in [-0.1, -0.05) is 24.3 Å². The number of carbonyl (C=O) groups excluding carboxylic acids is 2. The Hall–Kier alpha value is -2.92. The summed E-state index contributed by atoms with van der Waals surface area (Å²) in [5.74, 6) is 0.707. The van der Waals surface area contributed by atoms with Gasteiger partial charge in [0.25, 0.3) is 0 Å². The Bertz CT molecular complexity index is 1390. The molecular formula is C32H44ClN3O6S. The number of ether oxygens (including phenoxy) is 3. The zero-order chi connectivity index (χ0) is 30.5. The molecule has 1 heterocycles. The first kappa shape index (κ1) is 34.6. The number of nitrogens with one attached hydrogen (secondary N) is 1. The van der Waals surface area contributed by atoms with Crippen molar-refractivity contribution in [1.29, 1.82) is 0 Å². The molecule has 0 aliphatic heterocycles. The SMILES string of the molecule is COc1cc2sc(CNC(=O)C3(CC(=O)OC(C)(C)C)Cc4ccccc4C3)nc2cc1OCCC[N+](C)(C)CCO.[Cl-]. The van der Waals surface area contributed by atoms with Crippen molar-refractivity contribution < 1.29 is 45.8 Å². The summed E-state index contributed by atoms with van der Waals surface area (Å²) >= 11 is 1.49. The molecule has 0 saturated carbocycles. The van der Waals surface area contributed by atoms with Gasteiger partial charge in [-0.2, -0.15) is 0 Å². The van der Waals surface area contributed by atoms with Gasteiger partial charge >= 0.3 is 5.97 Å². The molecule has 0 spiro atoms. The molecule has 11 heteroatoms. The van der Waals surface area contributed by atoms with Crippen LogP contribution in [0.2, 0.25) is 0 Å². The fourth-order valence-corrected chi connectivity index (χ4v) is 6.36. The van der Waals surface area contributed by atoms with E-state index in [1.807, 2.05) is 57.2 Å². The highest BCUT2D eigenvalue weighted by atomic mass is 35.5. The van der Waals surface area contributed by atoms with Crippen LogP contribution < -0.4 is 27.2 Å². The lowest BCUT2D eigenvalue weighted by Crippen LogP contribution is -3.00. The van der Waals surface area contributed by atoms with E-state index in [-0.39, 0.29) is 43.9 Å². The lowest BCUT2D eigenvalue weighted by Gasteiger charge is -2.29. The van der Waals surface area contributed by atoms with Gasteiger partial charge in [-0.25, -0.2) is 4.98 Å². The zero-order valence-corrected chi connectivity index (χ0v) is 27.6. The maximum atomic E-state index is 13.7. The summed E-state index contributed by atoms with van der Waals surface area (Å²) in [5, 5.41) is 13.1. The molecule has 1 aromatic heterocycles. The first-order valence-corrected chi connectivity index (χ1v) is 15.2. The number of aliphatic hydroxyl groups excluding tert-OH is 1. The van der Waals surface area contributed by atoms with E-state index in [1.165, 1.54) is 11.3 Å². The van der Waals surface area contributed by atoms with E-state index in [4.69, 9.17) is 19.2 Å². The number of thiazole rings is 1. The summed E-state index contributed by atoms with van der Waals surface area (Å²) in [4.78, 5) is 31.4. The molecule has 1 amide bonds. The lowest BCUT2D eigenvalue weighted by molar-refractivity contribution is -0.890. The summed E-state index contributed by atoms with van der Waals surface area (Å²) in [5.41, 5.74) is 1.42. The van der Waals surface area contributed by atoms with Crippen molar-refractivity contribution in [1.82, 2.24) is 10.3 Å². The third kappa shape index (κ3) is 9.04. The molecule has 1 aliphatic carbocycles. The molecule has 236 valence electrons. The van der Waals surface area contributed by atoms with E-state index < -0.39 is 11.0 Å². The quantitative estimate of drug-likeness (QED) is 0.166. The number of fused-ring (bicyclic) bond motifs is 2. The summed E-state index contributed by atoms with van der Waals surface area (Å²) in [6.45, 7) is 8.00. The molecule has 2 aromatic carbocycles. The van der Waals surface area contributed by atoms with Gasteiger partial charge in [0.05, 0.1) is 69.6 Å². The lowest BCUT2D eigenvalue weighted by atomic mass is 9.80. The fourth-order valence-electron chi connectivity index (χ4n) is 5.45. The summed E-state index contributed by atoms with van der Waals surface area (Å²) < 4.78 is 18.9.